The van der Waals surface area contributed by atoms with Crippen LogP contribution in [0.2, 0.25) is 0 Å². The molecular formula is C9H11ClF3NO. The van der Waals surface area contributed by atoms with Gasteiger partial charge in [-0.3, -0.25) is 0 Å². The predicted molar refractivity (Wildman–Crippen MR) is 54.3 cm³/mol. The Balaban J connectivity index is 0.00000196. The lowest BCUT2D eigenvalue weighted by atomic mass is 10.1. The van der Waals surface area contributed by atoms with E-state index in [-0.39, 0.29) is 30.5 Å². The molecule has 0 saturated heterocycles. The lowest BCUT2D eigenvalue weighted by Crippen LogP contribution is -2.09. The van der Waals surface area contributed by atoms with Gasteiger partial charge in [-0.1, -0.05) is 0 Å². The average Bonchev–Trinajstić information content (AvgIpc) is 2.07. The van der Waals surface area contributed by atoms with Crippen LogP contribution >= 0.6 is 12.4 Å². The molecule has 0 atom stereocenters. The van der Waals surface area contributed by atoms with Crippen molar-refractivity contribution in [2.45, 2.75) is 13.1 Å². The molecule has 1 aromatic rings. The molecule has 15 heavy (non-hydrogen) atoms. The maximum Gasteiger partial charge on any atom is 0.420 e. The van der Waals surface area contributed by atoms with Crippen molar-refractivity contribution in [2.24, 2.45) is 0 Å². The standard InChI is InChI=1S/C9H10F3NO.ClH/c1-2-14-8-4-3-6(13)5-7(8)9(10,11)12;/h3-5H,2,13H2,1H3;1H. The molecule has 0 aromatic heterocycles. The Hall–Kier alpha value is -1.10. The molecular weight excluding hydrogens is 231 g/mol. The fourth-order valence-corrected chi connectivity index (χ4v) is 1.05. The van der Waals surface area contributed by atoms with E-state index in [2.05, 4.69) is 0 Å². The molecule has 2 N–H and O–H groups in total. The minimum absolute atomic E-state index is 0. The zero-order valence-corrected chi connectivity index (χ0v) is 8.78. The SMILES string of the molecule is CCOc1ccc(N)cc1C(F)(F)F.Cl. The summed E-state index contributed by atoms with van der Waals surface area (Å²) in [6, 6.07) is 3.47. The molecule has 0 unspecified atom stereocenters. The maximum absolute atomic E-state index is 12.4. The van der Waals surface area contributed by atoms with Crippen molar-refractivity contribution in [3.05, 3.63) is 23.8 Å². The van der Waals surface area contributed by atoms with Crippen molar-refractivity contribution in [3.8, 4) is 5.75 Å². The largest absolute Gasteiger partial charge is 0.493 e. The lowest BCUT2D eigenvalue weighted by Gasteiger charge is -2.13. The molecule has 6 heteroatoms. The summed E-state index contributed by atoms with van der Waals surface area (Å²) in [4.78, 5) is 0. The van der Waals surface area contributed by atoms with Crippen molar-refractivity contribution < 1.29 is 17.9 Å². The van der Waals surface area contributed by atoms with Crippen LogP contribution in [0, 0.1) is 0 Å². The number of hydrogen-bond acceptors (Lipinski definition) is 2. The summed E-state index contributed by atoms with van der Waals surface area (Å²) in [5.41, 5.74) is 4.50. The van der Waals surface area contributed by atoms with Crippen LogP contribution in [0.3, 0.4) is 0 Å². The second-order valence-corrected chi connectivity index (χ2v) is 2.69. The molecule has 0 heterocycles. The van der Waals surface area contributed by atoms with E-state index in [1.54, 1.807) is 6.92 Å². The Kier molecular flexibility index (Phi) is 4.74. The third-order valence-electron chi connectivity index (χ3n) is 1.61. The average molecular weight is 242 g/mol. The molecule has 0 fully saturated rings. The van der Waals surface area contributed by atoms with Gasteiger partial charge in [-0.15, -0.1) is 12.4 Å². The van der Waals surface area contributed by atoms with E-state index in [0.29, 0.717) is 0 Å². The Morgan fingerprint density at radius 1 is 1.33 bits per heavy atom. The van der Waals surface area contributed by atoms with Gasteiger partial charge in [0.05, 0.1) is 12.2 Å². The summed E-state index contributed by atoms with van der Waals surface area (Å²) >= 11 is 0. The van der Waals surface area contributed by atoms with E-state index in [0.717, 1.165) is 6.07 Å². The Labute approximate surface area is 91.6 Å². The van der Waals surface area contributed by atoms with E-state index in [1.807, 2.05) is 0 Å². The highest BCUT2D eigenvalue weighted by Crippen LogP contribution is 2.37. The topological polar surface area (TPSA) is 35.2 Å². The molecule has 1 aromatic carbocycles. The Morgan fingerprint density at radius 3 is 2.40 bits per heavy atom. The molecule has 0 aliphatic carbocycles. The number of ether oxygens (including phenoxy) is 1. The highest BCUT2D eigenvalue weighted by atomic mass is 35.5. The van der Waals surface area contributed by atoms with Crippen LogP contribution in [0.4, 0.5) is 18.9 Å². The number of alkyl halides is 3. The smallest absolute Gasteiger partial charge is 0.420 e. The van der Waals surface area contributed by atoms with Crippen molar-refractivity contribution in [3.63, 3.8) is 0 Å². The monoisotopic (exact) mass is 241 g/mol. The molecule has 0 amide bonds. The van der Waals surface area contributed by atoms with E-state index in [4.69, 9.17) is 10.5 Å². The first kappa shape index (κ1) is 13.9. The van der Waals surface area contributed by atoms with Gasteiger partial charge in [0.2, 0.25) is 0 Å². The Bertz CT molecular complexity index is 328. The van der Waals surface area contributed by atoms with Gasteiger partial charge in [-0.05, 0) is 25.1 Å². The second kappa shape index (κ2) is 5.11. The fraction of sp³-hybridized carbons (Fsp3) is 0.333. The minimum atomic E-state index is -4.43. The van der Waals surface area contributed by atoms with Crippen LogP contribution in [0.25, 0.3) is 0 Å². The first-order chi connectivity index (χ1) is 6.45. The molecule has 2 nitrogen and oxygen atoms in total. The van der Waals surface area contributed by atoms with Gasteiger partial charge in [-0.2, -0.15) is 13.2 Å². The fourth-order valence-electron chi connectivity index (χ4n) is 1.05. The van der Waals surface area contributed by atoms with E-state index >= 15 is 0 Å². The molecule has 0 aliphatic heterocycles. The summed E-state index contributed by atoms with van der Waals surface area (Å²) in [7, 11) is 0. The van der Waals surface area contributed by atoms with E-state index < -0.39 is 11.7 Å². The van der Waals surface area contributed by atoms with Gasteiger partial charge >= 0.3 is 6.18 Å². The van der Waals surface area contributed by atoms with Crippen molar-refractivity contribution in [1.82, 2.24) is 0 Å². The molecule has 0 saturated carbocycles. The van der Waals surface area contributed by atoms with E-state index in [9.17, 15) is 13.2 Å². The summed E-state index contributed by atoms with van der Waals surface area (Å²) in [5, 5.41) is 0. The number of rotatable bonds is 2. The first-order valence-electron chi connectivity index (χ1n) is 4.04. The van der Waals surface area contributed by atoms with E-state index in [1.165, 1.54) is 12.1 Å². The van der Waals surface area contributed by atoms with Crippen LogP contribution in [0.1, 0.15) is 12.5 Å². The number of nitrogens with two attached hydrogens (primary N) is 1. The van der Waals surface area contributed by atoms with Gasteiger partial charge in [0, 0.05) is 5.69 Å². The summed E-state index contributed by atoms with van der Waals surface area (Å²) in [6.07, 6.45) is -4.43. The van der Waals surface area contributed by atoms with Gasteiger partial charge in [0.25, 0.3) is 0 Å². The lowest BCUT2D eigenvalue weighted by molar-refractivity contribution is -0.138. The molecule has 0 radical (unpaired) electrons. The van der Waals surface area contributed by atoms with Gasteiger partial charge < -0.3 is 10.5 Å². The van der Waals surface area contributed by atoms with Gasteiger partial charge in [0.15, 0.2) is 0 Å². The van der Waals surface area contributed by atoms with Crippen LogP contribution in [-0.4, -0.2) is 6.61 Å². The zero-order valence-electron chi connectivity index (χ0n) is 7.97. The minimum Gasteiger partial charge on any atom is -0.493 e. The molecule has 86 valence electrons. The highest BCUT2D eigenvalue weighted by Gasteiger charge is 2.34. The van der Waals surface area contributed by atoms with Crippen LogP contribution < -0.4 is 10.5 Å². The summed E-state index contributed by atoms with van der Waals surface area (Å²) in [6.45, 7) is 1.81. The molecule has 1 rings (SSSR count). The van der Waals surface area contributed by atoms with Crippen molar-refractivity contribution in [2.75, 3.05) is 12.3 Å². The van der Waals surface area contributed by atoms with Crippen LogP contribution in [0.15, 0.2) is 18.2 Å². The molecule has 0 spiro atoms. The number of hydrogen-bond donors (Lipinski definition) is 1. The second-order valence-electron chi connectivity index (χ2n) is 2.69. The third kappa shape index (κ3) is 3.51. The van der Waals surface area contributed by atoms with Crippen LogP contribution in [0.5, 0.6) is 5.75 Å². The predicted octanol–water partition coefficient (Wildman–Crippen LogP) is 3.11. The van der Waals surface area contributed by atoms with Crippen molar-refractivity contribution >= 4 is 18.1 Å². The number of nitrogen functional groups attached to an aromatic ring is 1. The number of halogens is 4. The molecule has 0 aliphatic rings. The van der Waals surface area contributed by atoms with Crippen molar-refractivity contribution in [1.29, 1.82) is 0 Å². The summed E-state index contributed by atoms with van der Waals surface area (Å²) < 4.78 is 42.1. The Morgan fingerprint density at radius 2 is 1.93 bits per heavy atom. The number of anilines is 1. The molecule has 0 bridgehead atoms. The van der Waals surface area contributed by atoms with Gasteiger partial charge in [0.1, 0.15) is 5.75 Å². The quantitative estimate of drug-likeness (QED) is 0.808. The van der Waals surface area contributed by atoms with Gasteiger partial charge in [-0.25, -0.2) is 0 Å². The zero-order chi connectivity index (χ0) is 10.8. The summed E-state index contributed by atoms with van der Waals surface area (Å²) in [5.74, 6) is -0.186. The highest BCUT2D eigenvalue weighted by molar-refractivity contribution is 5.85. The maximum atomic E-state index is 12.4. The first-order valence-corrected chi connectivity index (χ1v) is 4.04. The van der Waals surface area contributed by atoms with Crippen LogP contribution in [-0.2, 0) is 6.18 Å². The normalized spacial score (nSPS) is 10.7. The third-order valence-corrected chi connectivity index (χ3v) is 1.61. The number of benzene rings is 1.